The lowest BCUT2D eigenvalue weighted by molar-refractivity contribution is 0.0925. The molecule has 0 saturated carbocycles. The molecule has 0 bridgehead atoms. The summed E-state index contributed by atoms with van der Waals surface area (Å²) in [6, 6.07) is 1.76. The fourth-order valence-electron chi connectivity index (χ4n) is 0.990. The SMILES string of the molecule is Cc1ccoc1C(=O)NCCCN.Cl. The van der Waals surface area contributed by atoms with Gasteiger partial charge in [0, 0.05) is 12.1 Å². The lowest BCUT2D eigenvalue weighted by atomic mass is 10.2. The van der Waals surface area contributed by atoms with Gasteiger partial charge in [0.15, 0.2) is 5.76 Å². The van der Waals surface area contributed by atoms with E-state index in [4.69, 9.17) is 10.2 Å². The molecule has 5 heteroatoms. The lowest BCUT2D eigenvalue weighted by Crippen LogP contribution is -2.26. The number of nitrogens with two attached hydrogens (primary N) is 1. The van der Waals surface area contributed by atoms with Crippen LogP contribution in [0, 0.1) is 6.92 Å². The number of hydrogen-bond acceptors (Lipinski definition) is 3. The van der Waals surface area contributed by atoms with E-state index < -0.39 is 0 Å². The van der Waals surface area contributed by atoms with Gasteiger partial charge in [-0.2, -0.15) is 0 Å². The maximum absolute atomic E-state index is 11.4. The highest BCUT2D eigenvalue weighted by Crippen LogP contribution is 2.07. The Bertz CT molecular complexity index is 286. The highest BCUT2D eigenvalue weighted by molar-refractivity contribution is 5.92. The summed E-state index contributed by atoms with van der Waals surface area (Å²) in [6.45, 7) is 3.01. The molecular formula is C9H15ClN2O2. The number of carbonyl (C=O) groups excluding carboxylic acids is 1. The van der Waals surface area contributed by atoms with E-state index in [1.807, 2.05) is 6.92 Å². The standard InChI is InChI=1S/C9H14N2O2.ClH/c1-7-3-6-13-8(7)9(12)11-5-2-4-10;/h3,6H,2,4-5,10H2,1H3,(H,11,12);1H. The normalized spacial score (nSPS) is 9.29. The van der Waals surface area contributed by atoms with E-state index in [1.54, 1.807) is 6.07 Å². The van der Waals surface area contributed by atoms with Crippen LogP contribution < -0.4 is 11.1 Å². The van der Waals surface area contributed by atoms with Crippen LogP contribution in [0.5, 0.6) is 0 Å². The van der Waals surface area contributed by atoms with Crippen LogP contribution in [0.4, 0.5) is 0 Å². The number of aryl methyl sites for hydroxylation is 1. The van der Waals surface area contributed by atoms with Crippen LogP contribution >= 0.6 is 12.4 Å². The number of furan rings is 1. The largest absolute Gasteiger partial charge is 0.459 e. The van der Waals surface area contributed by atoms with Crippen molar-refractivity contribution in [3.63, 3.8) is 0 Å². The zero-order chi connectivity index (χ0) is 9.68. The van der Waals surface area contributed by atoms with Gasteiger partial charge in [0.05, 0.1) is 6.26 Å². The first-order chi connectivity index (χ1) is 6.25. The van der Waals surface area contributed by atoms with Crippen molar-refractivity contribution in [2.75, 3.05) is 13.1 Å². The Balaban J connectivity index is 0.00000169. The van der Waals surface area contributed by atoms with Crippen molar-refractivity contribution in [2.45, 2.75) is 13.3 Å². The van der Waals surface area contributed by atoms with E-state index >= 15 is 0 Å². The van der Waals surface area contributed by atoms with E-state index in [0.29, 0.717) is 18.8 Å². The third-order valence-electron chi connectivity index (χ3n) is 1.73. The molecule has 0 fully saturated rings. The fraction of sp³-hybridized carbons (Fsp3) is 0.444. The van der Waals surface area contributed by atoms with Crippen LogP contribution in [0.3, 0.4) is 0 Å². The van der Waals surface area contributed by atoms with Gasteiger partial charge < -0.3 is 15.5 Å². The molecule has 80 valence electrons. The molecule has 3 N–H and O–H groups in total. The molecule has 1 heterocycles. The Morgan fingerprint density at radius 3 is 2.86 bits per heavy atom. The molecule has 0 radical (unpaired) electrons. The molecule has 1 aromatic rings. The number of amides is 1. The van der Waals surface area contributed by atoms with Crippen LogP contribution in [0.1, 0.15) is 22.5 Å². The Morgan fingerprint density at radius 2 is 2.36 bits per heavy atom. The van der Waals surface area contributed by atoms with Crippen molar-refractivity contribution in [3.8, 4) is 0 Å². The number of rotatable bonds is 4. The van der Waals surface area contributed by atoms with E-state index in [-0.39, 0.29) is 18.3 Å². The van der Waals surface area contributed by atoms with Gasteiger partial charge in [0.25, 0.3) is 5.91 Å². The third kappa shape index (κ3) is 3.40. The molecule has 1 rings (SSSR count). The molecular weight excluding hydrogens is 204 g/mol. The molecule has 0 aliphatic carbocycles. The van der Waals surface area contributed by atoms with Crippen molar-refractivity contribution >= 4 is 18.3 Å². The van der Waals surface area contributed by atoms with E-state index in [9.17, 15) is 4.79 Å². The summed E-state index contributed by atoms with van der Waals surface area (Å²) in [6.07, 6.45) is 2.29. The van der Waals surface area contributed by atoms with Gasteiger partial charge in [-0.3, -0.25) is 4.79 Å². The highest BCUT2D eigenvalue weighted by atomic mass is 35.5. The Hall–Kier alpha value is -1.00. The maximum Gasteiger partial charge on any atom is 0.287 e. The van der Waals surface area contributed by atoms with Crippen molar-refractivity contribution in [1.29, 1.82) is 0 Å². The second-order valence-electron chi connectivity index (χ2n) is 2.83. The molecule has 4 nitrogen and oxygen atoms in total. The van der Waals surface area contributed by atoms with Crippen molar-refractivity contribution in [3.05, 3.63) is 23.7 Å². The Kier molecular flexibility index (Phi) is 5.99. The first kappa shape index (κ1) is 13.0. The van der Waals surface area contributed by atoms with Crippen LogP contribution in [-0.4, -0.2) is 19.0 Å². The molecule has 14 heavy (non-hydrogen) atoms. The summed E-state index contributed by atoms with van der Waals surface area (Å²) in [4.78, 5) is 11.4. The average molecular weight is 219 g/mol. The molecule has 1 amide bonds. The van der Waals surface area contributed by atoms with Gasteiger partial charge >= 0.3 is 0 Å². The van der Waals surface area contributed by atoms with Crippen molar-refractivity contribution < 1.29 is 9.21 Å². The Labute approximate surface area is 89.3 Å². The molecule has 0 aromatic carbocycles. The lowest BCUT2D eigenvalue weighted by Gasteiger charge is -2.01. The highest BCUT2D eigenvalue weighted by Gasteiger charge is 2.10. The van der Waals surface area contributed by atoms with Gasteiger partial charge in [0.1, 0.15) is 0 Å². The van der Waals surface area contributed by atoms with Crippen molar-refractivity contribution in [2.24, 2.45) is 5.73 Å². The quantitative estimate of drug-likeness (QED) is 0.744. The first-order valence-electron chi connectivity index (χ1n) is 4.28. The maximum atomic E-state index is 11.4. The topological polar surface area (TPSA) is 68.3 Å². The monoisotopic (exact) mass is 218 g/mol. The zero-order valence-electron chi connectivity index (χ0n) is 8.08. The second-order valence-corrected chi connectivity index (χ2v) is 2.83. The third-order valence-corrected chi connectivity index (χ3v) is 1.73. The van der Waals surface area contributed by atoms with Crippen LogP contribution in [0.15, 0.2) is 16.7 Å². The average Bonchev–Trinajstić information content (AvgIpc) is 2.52. The minimum absolute atomic E-state index is 0. The van der Waals surface area contributed by atoms with E-state index in [1.165, 1.54) is 6.26 Å². The van der Waals surface area contributed by atoms with E-state index in [0.717, 1.165) is 12.0 Å². The number of carbonyl (C=O) groups is 1. The predicted molar refractivity (Wildman–Crippen MR) is 56.7 cm³/mol. The number of hydrogen-bond donors (Lipinski definition) is 2. The minimum Gasteiger partial charge on any atom is -0.459 e. The smallest absolute Gasteiger partial charge is 0.287 e. The summed E-state index contributed by atoms with van der Waals surface area (Å²) >= 11 is 0. The molecule has 0 spiro atoms. The van der Waals surface area contributed by atoms with Crippen LogP contribution in [0.25, 0.3) is 0 Å². The Morgan fingerprint density at radius 1 is 1.64 bits per heavy atom. The van der Waals surface area contributed by atoms with Gasteiger partial charge in [-0.25, -0.2) is 0 Å². The van der Waals surface area contributed by atoms with Gasteiger partial charge in [-0.05, 0) is 26.0 Å². The molecule has 1 aromatic heterocycles. The van der Waals surface area contributed by atoms with Gasteiger partial charge in [0.2, 0.25) is 0 Å². The number of halogens is 1. The fourth-order valence-corrected chi connectivity index (χ4v) is 0.990. The zero-order valence-corrected chi connectivity index (χ0v) is 8.89. The molecule has 0 atom stereocenters. The van der Waals surface area contributed by atoms with Crippen LogP contribution in [0.2, 0.25) is 0 Å². The van der Waals surface area contributed by atoms with Crippen molar-refractivity contribution in [1.82, 2.24) is 5.32 Å². The van der Waals surface area contributed by atoms with Crippen LogP contribution in [-0.2, 0) is 0 Å². The summed E-state index contributed by atoms with van der Waals surface area (Å²) in [5.74, 6) is 0.216. The van der Waals surface area contributed by atoms with E-state index in [2.05, 4.69) is 5.32 Å². The van der Waals surface area contributed by atoms with Gasteiger partial charge in [-0.1, -0.05) is 0 Å². The minimum atomic E-state index is -0.170. The molecule has 0 unspecified atom stereocenters. The molecule has 0 saturated heterocycles. The summed E-state index contributed by atoms with van der Waals surface area (Å²) in [7, 11) is 0. The van der Waals surface area contributed by atoms with Gasteiger partial charge in [-0.15, -0.1) is 12.4 Å². The summed E-state index contributed by atoms with van der Waals surface area (Å²) in [5, 5.41) is 2.71. The number of nitrogens with one attached hydrogen (secondary N) is 1. The summed E-state index contributed by atoms with van der Waals surface area (Å²) in [5.41, 5.74) is 6.14. The molecule has 0 aliphatic rings. The first-order valence-corrected chi connectivity index (χ1v) is 4.28. The molecule has 0 aliphatic heterocycles. The summed E-state index contributed by atoms with van der Waals surface area (Å²) < 4.78 is 5.01. The predicted octanol–water partition coefficient (Wildman–Crippen LogP) is 1.09. The second kappa shape index (κ2) is 6.45.